The van der Waals surface area contributed by atoms with E-state index in [1.54, 1.807) is 19.1 Å². The second-order valence-electron chi connectivity index (χ2n) is 5.38. The van der Waals surface area contributed by atoms with Crippen LogP contribution in [0, 0.1) is 5.92 Å². The highest BCUT2D eigenvalue weighted by molar-refractivity contribution is 7.90. The summed E-state index contributed by atoms with van der Waals surface area (Å²) >= 11 is 0. The molecule has 0 saturated heterocycles. The molecule has 6 nitrogen and oxygen atoms in total. The zero-order valence-electron chi connectivity index (χ0n) is 14.0. The van der Waals surface area contributed by atoms with Crippen LogP contribution in [0.5, 0.6) is 5.75 Å². The van der Waals surface area contributed by atoms with E-state index in [-0.39, 0.29) is 22.8 Å². The molecule has 0 aliphatic carbocycles. The van der Waals surface area contributed by atoms with Gasteiger partial charge in [-0.1, -0.05) is 13.0 Å². The molecule has 130 valence electrons. The van der Waals surface area contributed by atoms with Gasteiger partial charge in [-0.15, -0.1) is 0 Å². The van der Waals surface area contributed by atoms with E-state index in [9.17, 15) is 13.2 Å². The molecular weight excluding hydrogens is 318 g/mol. The van der Waals surface area contributed by atoms with Gasteiger partial charge in [-0.25, -0.2) is 8.42 Å². The zero-order chi connectivity index (χ0) is 17.5. The van der Waals surface area contributed by atoms with Gasteiger partial charge in [-0.3, -0.25) is 4.79 Å². The fourth-order valence-electron chi connectivity index (χ4n) is 1.90. The molecule has 1 aromatic rings. The monoisotopic (exact) mass is 343 g/mol. The smallest absolute Gasteiger partial charge is 0.310 e. The molecule has 0 aromatic heterocycles. The average molecular weight is 343 g/mol. The van der Waals surface area contributed by atoms with E-state index < -0.39 is 9.84 Å². The van der Waals surface area contributed by atoms with Crippen LogP contribution in [-0.2, 0) is 19.4 Å². The lowest BCUT2D eigenvalue weighted by molar-refractivity contribution is -0.148. The first-order chi connectivity index (χ1) is 10.8. The van der Waals surface area contributed by atoms with E-state index in [1.807, 2.05) is 13.8 Å². The van der Waals surface area contributed by atoms with Crippen molar-refractivity contribution in [1.29, 1.82) is 0 Å². The molecule has 0 saturated carbocycles. The molecule has 0 radical (unpaired) electrons. The maximum absolute atomic E-state index is 11.6. The Morgan fingerprint density at radius 3 is 2.61 bits per heavy atom. The third kappa shape index (κ3) is 6.58. The Bertz CT molecular complexity index is 615. The van der Waals surface area contributed by atoms with Crippen molar-refractivity contribution in [3.63, 3.8) is 0 Å². The van der Waals surface area contributed by atoms with Gasteiger partial charge < -0.3 is 14.8 Å². The number of benzene rings is 1. The Balaban J connectivity index is 2.42. The lowest BCUT2D eigenvalue weighted by Gasteiger charge is -2.20. The fourth-order valence-corrected chi connectivity index (χ4v) is 2.56. The highest BCUT2D eigenvalue weighted by Crippen LogP contribution is 2.17. The van der Waals surface area contributed by atoms with E-state index >= 15 is 0 Å². The van der Waals surface area contributed by atoms with Gasteiger partial charge in [0.15, 0.2) is 9.84 Å². The lowest BCUT2D eigenvalue weighted by atomic mass is 10.0. The molecule has 0 bridgehead atoms. The maximum Gasteiger partial charge on any atom is 0.310 e. The van der Waals surface area contributed by atoms with Crippen LogP contribution in [0.15, 0.2) is 29.2 Å². The summed E-state index contributed by atoms with van der Waals surface area (Å²) in [6.07, 6.45) is 1.16. The van der Waals surface area contributed by atoms with Gasteiger partial charge in [0, 0.05) is 18.8 Å². The summed E-state index contributed by atoms with van der Waals surface area (Å²) in [5, 5.41) is 3.19. The molecule has 0 amide bonds. The van der Waals surface area contributed by atoms with E-state index in [0.717, 1.165) is 6.26 Å². The zero-order valence-corrected chi connectivity index (χ0v) is 14.9. The number of carbonyl (C=O) groups is 1. The molecule has 7 heteroatoms. The largest absolute Gasteiger partial charge is 0.492 e. The molecular formula is C16H25NO5S. The number of rotatable bonds is 9. The number of sulfone groups is 1. The van der Waals surface area contributed by atoms with Crippen LogP contribution in [0.3, 0.4) is 0 Å². The minimum Gasteiger partial charge on any atom is -0.492 e. The first kappa shape index (κ1) is 19.4. The molecule has 0 fully saturated rings. The fraction of sp³-hybridized carbons (Fsp3) is 0.562. The van der Waals surface area contributed by atoms with E-state index in [1.165, 1.54) is 12.1 Å². The molecule has 0 unspecified atom stereocenters. The number of ether oxygens (including phenoxy) is 2. The summed E-state index contributed by atoms with van der Waals surface area (Å²) in [5.74, 6) is 0.0265. The third-order valence-corrected chi connectivity index (χ3v) is 4.59. The van der Waals surface area contributed by atoms with E-state index in [0.29, 0.717) is 25.5 Å². The Morgan fingerprint density at radius 2 is 2.00 bits per heavy atom. The van der Waals surface area contributed by atoms with Crippen molar-refractivity contribution in [2.45, 2.75) is 31.7 Å². The number of nitrogens with one attached hydrogen (secondary N) is 1. The van der Waals surface area contributed by atoms with Crippen molar-refractivity contribution in [2.24, 2.45) is 5.92 Å². The van der Waals surface area contributed by atoms with Crippen LogP contribution in [-0.4, -0.2) is 46.4 Å². The number of carbonyl (C=O) groups excluding carboxylic acids is 1. The Labute approximate surface area is 138 Å². The normalized spacial score (nSPS) is 14.1. The molecule has 0 spiro atoms. The summed E-state index contributed by atoms with van der Waals surface area (Å²) in [4.78, 5) is 11.8. The summed E-state index contributed by atoms with van der Waals surface area (Å²) in [6.45, 7) is 6.77. The number of esters is 1. The van der Waals surface area contributed by atoms with Gasteiger partial charge in [-0.2, -0.15) is 0 Å². The first-order valence-electron chi connectivity index (χ1n) is 7.58. The van der Waals surface area contributed by atoms with Gasteiger partial charge in [0.1, 0.15) is 12.4 Å². The Hall–Kier alpha value is -1.60. The predicted octanol–water partition coefficient (Wildman–Crippen LogP) is 1.65. The second-order valence-corrected chi connectivity index (χ2v) is 7.39. The minimum atomic E-state index is -3.24. The van der Waals surface area contributed by atoms with Crippen LogP contribution < -0.4 is 10.1 Å². The van der Waals surface area contributed by atoms with Gasteiger partial charge >= 0.3 is 5.97 Å². The van der Waals surface area contributed by atoms with Gasteiger partial charge in [-0.05, 0) is 32.0 Å². The SMILES string of the molecule is CCOC(=O)[C@@H](C)[C@@H](C)NCCOc1cccc(S(C)(=O)=O)c1. The molecule has 0 heterocycles. The highest BCUT2D eigenvalue weighted by atomic mass is 32.2. The van der Waals surface area contributed by atoms with Crippen molar-refractivity contribution in [3.8, 4) is 5.75 Å². The van der Waals surface area contributed by atoms with Crippen molar-refractivity contribution in [2.75, 3.05) is 26.0 Å². The minimum absolute atomic E-state index is 0.0417. The molecule has 0 aliphatic heterocycles. The van der Waals surface area contributed by atoms with Crippen LogP contribution >= 0.6 is 0 Å². The predicted molar refractivity (Wildman–Crippen MR) is 88.3 cm³/mol. The second kappa shape index (κ2) is 8.88. The average Bonchev–Trinajstić information content (AvgIpc) is 2.50. The summed E-state index contributed by atoms with van der Waals surface area (Å²) < 4.78 is 33.5. The maximum atomic E-state index is 11.6. The first-order valence-corrected chi connectivity index (χ1v) is 9.47. The Kier molecular flexibility index (Phi) is 7.51. The highest BCUT2D eigenvalue weighted by Gasteiger charge is 2.20. The van der Waals surface area contributed by atoms with Crippen LogP contribution in [0.4, 0.5) is 0 Å². The molecule has 0 aliphatic rings. The molecule has 23 heavy (non-hydrogen) atoms. The van der Waals surface area contributed by atoms with Gasteiger partial charge in [0.05, 0.1) is 17.4 Å². The summed E-state index contributed by atoms with van der Waals surface area (Å²) in [6, 6.07) is 6.34. The molecule has 1 rings (SSSR count). The van der Waals surface area contributed by atoms with Gasteiger partial charge in [0.2, 0.25) is 0 Å². The third-order valence-electron chi connectivity index (χ3n) is 3.48. The van der Waals surface area contributed by atoms with Crippen LogP contribution in [0.2, 0.25) is 0 Å². The Morgan fingerprint density at radius 1 is 1.30 bits per heavy atom. The standard InChI is InChI=1S/C16H25NO5S/c1-5-21-16(18)12(2)13(3)17-9-10-22-14-7-6-8-15(11-14)23(4,19)20/h6-8,11-13,17H,5,9-10H2,1-4H3/t12-,13+/m0/s1. The quantitative estimate of drug-likeness (QED) is 0.542. The summed E-state index contributed by atoms with van der Waals surface area (Å²) in [5.41, 5.74) is 0. The topological polar surface area (TPSA) is 81.7 Å². The van der Waals surface area contributed by atoms with E-state index in [4.69, 9.17) is 9.47 Å². The van der Waals surface area contributed by atoms with Crippen LogP contribution in [0.1, 0.15) is 20.8 Å². The van der Waals surface area contributed by atoms with E-state index in [2.05, 4.69) is 5.32 Å². The molecule has 2 atom stereocenters. The molecule has 1 N–H and O–H groups in total. The summed E-state index contributed by atoms with van der Waals surface area (Å²) in [7, 11) is -3.24. The molecule has 1 aromatic carbocycles. The lowest BCUT2D eigenvalue weighted by Crippen LogP contribution is -2.39. The van der Waals surface area contributed by atoms with Crippen LogP contribution in [0.25, 0.3) is 0 Å². The van der Waals surface area contributed by atoms with Crippen molar-refractivity contribution >= 4 is 15.8 Å². The van der Waals surface area contributed by atoms with Gasteiger partial charge in [0.25, 0.3) is 0 Å². The number of hydrogen-bond acceptors (Lipinski definition) is 6. The van der Waals surface area contributed by atoms with Crippen molar-refractivity contribution in [3.05, 3.63) is 24.3 Å². The number of hydrogen-bond donors (Lipinski definition) is 1. The van der Waals surface area contributed by atoms with Crippen molar-refractivity contribution < 1.29 is 22.7 Å². The van der Waals surface area contributed by atoms with Crippen molar-refractivity contribution in [1.82, 2.24) is 5.32 Å².